The molecule has 114 valence electrons. The predicted molar refractivity (Wildman–Crippen MR) is 72.8 cm³/mol. The smallest absolute Gasteiger partial charge is 0.406 e. The zero-order valence-corrected chi connectivity index (χ0v) is 11.7. The highest BCUT2D eigenvalue weighted by Gasteiger charge is 2.31. The third kappa shape index (κ3) is 3.75. The number of nitrogens with one attached hydrogen (secondary N) is 1. The number of imidazole rings is 1. The van der Waals surface area contributed by atoms with E-state index in [2.05, 4.69) is 14.7 Å². The molecule has 1 aromatic carbocycles. The van der Waals surface area contributed by atoms with E-state index in [9.17, 15) is 13.2 Å². The third-order valence-electron chi connectivity index (χ3n) is 3.13. The molecule has 0 aliphatic carbocycles. The molecule has 4 nitrogen and oxygen atoms in total. The van der Waals surface area contributed by atoms with Gasteiger partial charge in [-0.3, -0.25) is 0 Å². The van der Waals surface area contributed by atoms with Crippen LogP contribution in [-0.2, 0) is 5.41 Å². The van der Waals surface area contributed by atoms with Gasteiger partial charge in [-0.25, -0.2) is 4.98 Å². The van der Waals surface area contributed by atoms with Crippen molar-refractivity contribution in [2.24, 2.45) is 5.73 Å². The molecule has 0 unspecified atom stereocenters. The molecule has 0 amide bonds. The lowest BCUT2D eigenvalue weighted by Gasteiger charge is -2.18. The van der Waals surface area contributed by atoms with Crippen molar-refractivity contribution in [2.45, 2.75) is 25.6 Å². The molecule has 2 rings (SSSR count). The number of aromatic nitrogens is 2. The summed E-state index contributed by atoms with van der Waals surface area (Å²) in [6.45, 7) is 4.34. The minimum atomic E-state index is -4.69. The fraction of sp³-hybridized carbons (Fsp3) is 0.357. The first-order valence-electron chi connectivity index (χ1n) is 6.33. The SMILES string of the molecule is CC(C)(CN)c1ncc(-c2ccc(OC(F)(F)F)cc2)[nH]1. The lowest BCUT2D eigenvalue weighted by molar-refractivity contribution is -0.274. The topological polar surface area (TPSA) is 63.9 Å². The Labute approximate surface area is 120 Å². The van der Waals surface area contributed by atoms with Gasteiger partial charge >= 0.3 is 6.36 Å². The summed E-state index contributed by atoms with van der Waals surface area (Å²) < 4.78 is 40.1. The lowest BCUT2D eigenvalue weighted by Crippen LogP contribution is -2.29. The molecule has 0 radical (unpaired) electrons. The molecule has 0 bridgehead atoms. The van der Waals surface area contributed by atoms with Crippen LogP contribution in [0.2, 0.25) is 0 Å². The van der Waals surface area contributed by atoms with Crippen LogP contribution >= 0.6 is 0 Å². The summed E-state index contributed by atoms with van der Waals surface area (Å²) in [5.74, 6) is 0.476. The van der Waals surface area contributed by atoms with Crippen molar-refractivity contribution in [3.8, 4) is 17.0 Å². The molecule has 0 spiro atoms. The van der Waals surface area contributed by atoms with Crippen molar-refractivity contribution in [1.82, 2.24) is 9.97 Å². The minimum Gasteiger partial charge on any atom is -0.406 e. The summed E-state index contributed by atoms with van der Waals surface area (Å²) in [7, 11) is 0. The fourth-order valence-electron chi connectivity index (χ4n) is 1.74. The molecule has 21 heavy (non-hydrogen) atoms. The maximum absolute atomic E-state index is 12.1. The van der Waals surface area contributed by atoms with Crippen LogP contribution in [0, 0.1) is 0 Å². The Morgan fingerprint density at radius 1 is 1.19 bits per heavy atom. The number of alkyl halides is 3. The highest BCUT2D eigenvalue weighted by Crippen LogP contribution is 2.27. The number of nitrogens with two attached hydrogens (primary N) is 1. The molecule has 1 aromatic heterocycles. The second-order valence-corrected chi connectivity index (χ2v) is 5.31. The summed E-state index contributed by atoms with van der Waals surface area (Å²) in [4.78, 5) is 7.40. The van der Waals surface area contributed by atoms with Gasteiger partial charge in [0.15, 0.2) is 0 Å². The largest absolute Gasteiger partial charge is 0.573 e. The average molecular weight is 299 g/mol. The Morgan fingerprint density at radius 3 is 2.33 bits per heavy atom. The van der Waals surface area contributed by atoms with Gasteiger partial charge in [0.1, 0.15) is 11.6 Å². The van der Waals surface area contributed by atoms with E-state index < -0.39 is 6.36 Å². The van der Waals surface area contributed by atoms with Crippen LogP contribution in [0.3, 0.4) is 0 Å². The number of benzene rings is 1. The summed E-state index contributed by atoms with van der Waals surface area (Å²) in [5, 5.41) is 0. The summed E-state index contributed by atoms with van der Waals surface area (Å²) >= 11 is 0. The van der Waals surface area contributed by atoms with E-state index in [0.717, 1.165) is 11.4 Å². The van der Waals surface area contributed by atoms with Crippen molar-refractivity contribution >= 4 is 0 Å². The van der Waals surface area contributed by atoms with Crippen LogP contribution < -0.4 is 10.5 Å². The van der Waals surface area contributed by atoms with Crippen LogP contribution in [-0.4, -0.2) is 22.9 Å². The Bertz CT molecular complexity index is 603. The van der Waals surface area contributed by atoms with E-state index in [4.69, 9.17) is 5.73 Å². The quantitative estimate of drug-likeness (QED) is 0.911. The molecule has 0 aliphatic heterocycles. The van der Waals surface area contributed by atoms with E-state index in [1.54, 1.807) is 6.20 Å². The summed E-state index contributed by atoms with van der Waals surface area (Å²) in [5.41, 5.74) is 6.82. The highest BCUT2D eigenvalue weighted by molar-refractivity contribution is 5.59. The van der Waals surface area contributed by atoms with Crippen molar-refractivity contribution in [3.63, 3.8) is 0 Å². The first kappa shape index (κ1) is 15.4. The van der Waals surface area contributed by atoms with Crippen molar-refractivity contribution in [1.29, 1.82) is 0 Å². The van der Waals surface area contributed by atoms with Crippen LogP contribution in [0.25, 0.3) is 11.3 Å². The molecule has 0 atom stereocenters. The fourth-order valence-corrected chi connectivity index (χ4v) is 1.74. The number of rotatable bonds is 4. The van der Waals surface area contributed by atoms with Gasteiger partial charge in [-0.15, -0.1) is 13.2 Å². The number of hydrogen-bond donors (Lipinski definition) is 2. The van der Waals surface area contributed by atoms with Gasteiger partial charge in [0.25, 0.3) is 0 Å². The molecule has 0 fully saturated rings. The first-order chi connectivity index (χ1) is 9.71. The minimum absolute atomic E-state index is 0.256. The van der Waals surface area contributed by atoms with Gasteiger partial charge < -0.3 is 15.5 Å². The molecule has 0 aliphatic rings. The van der Waals surface area contributed by atoms with Crippen molar-refractivity contribution in [3.05, 3.63) is 36.3 Å². The summed E-state index contributed by atoms with van der Waals surface area (Å²) in [6.07, 6.45) is -3.06. The predicted octanol–water partition coefficient (Wildman–Crippen LogP) is 3.21. The van der Waals surface area contributed by atoms with Gasteiger partial charge in [-0.1, -0.05) is 13.8 Å². The Kier molecular flexibility index (Phi) is 3.95. The molecule has 3 N–H and O–H groups in total. The number of aromatic amines is 1. The maximum atomic E-state index is 12.1. The van der Waals surface area contributed by atoms with Gasteiger partial charge in [-0.2, -0.15) is 0 Å². The van der Waals surface area contributed by atoms with Gasteiger partial charge in [-0.05, 0) is 29.8 Å². The zero-order valence-electron chi connectivity index (χ0n) is 11.7. The standard InChI is InChI=1S/C14H16F3N3O/c1-13(2,8-18)12-19-7-11(20-12)9-3-5-10(6-4-9)21-14(15,16)17/h3-7H,8,18H2,1-2H3,(H,19,20). The summed E-state index contributed by atoms with van der Waals surface area (Å²) in [6, 6.07) is 5.59. The van der Waals surface area contributed by atoms with Gasteiger partial charge in [0.2, 0.25) is 0 Å². The molecule has 0 saturated heterocycles. The maximum Gasteiger partial charge on any atom is 0.573 e. The number of ether oxygens (including phenoxy) is 1. The van der Waals surface area contributed by atoms with Crippen molar-refractivity contribution < 1.29 is 17.9 Å². The van der Waals surface area contributed by atoms with E-state index in [1.807, 2.05) is 13.8 Å². The third-order valence-corrected chi connectivity index (χ3v) is 3.13. The monoisotopic (exact) mass is 299 g/mol. The molecule has 7 heteroatoms. The average Bonchev–Trinajstić information content (AvgIpc) is 2.88. The first-order valence-corrected chi connectivity index (χ1v) is 6.33. The van der Waals surface area contributed by atoms with Crippen LogP contribution in [0.4, 0.5) is 13.2 Å². The number of H-pyrrole nitrogens is 1. The Balaban J connectivity index is 2.20. The zero-order chi connectivity index (χ0) is 15.7. The van der Waals surface area contributed by atoms with Crippen LogP contribution in [0.5, 0.6) is 5.75 Å². The molecular formula is C14H16F3N3O. The highest BCUT2D eigenvalue weighted by atomic mass is 19.4. The second-order valence-electron chi connectivity index (χ2n) is 5.31. The molecule has 2 aromatic rings. The van der Waals surface area contributed by atoms with Crippen LogP contribution in [0.15, 0.2) is 30.5 Å². The van der Waals surface area contributed by atoms with Crippen LogP contribution in [0.1, 0.15) is 19.7 Å². The lowest BCUT2D eigenvalue weighted by atomic mass is 9.93. The Hall–Kier alpha value is -2.02. The van der Waals surface area contributed by atoms with E-state index in [1.165, 1.54) is 24.3 Å². The van der Waals surface area contributed by atoms with Gasteiger partial charge in [0.05, 0.1) is 11.9 Å². The second kappa shape index (κ2) is 5.40. The van der Waals surface area contributed by atoms with E-state index >= 15 is 0 Å². The Morgan fingerprint density at radius 2 is 1.81 bits per heavy atom. The molecule has 0 saturated carbocycles. The van der Waals surface area contributed by atoms with Crippen molar-refractivity contribution in [2.75, 3.05) is 6.54 Å². The number of nitrogens with zero attached hydrogens (tertiary/aromatic N) is 1. The number of hydrogen-bond acceptors (Lipinski definition) is 3. The van der Waals surface area contributed by atoms with E-state index in [-0.39, 0.29) is 11.2 Å². The van der Waals surface area contributed by atoms with Gasteiger partial charge in [0, 0.05) is 12.0 Å². The normalized spacial score (nSPS) is 12.5. The molecule has 1 heterocycles. The molecular weight excluding hydrogens is 283 g/mol. The van der Waals surface area contributed by atoms with E-state index in [0.29, 0.717) is 12.2 Å². The number of halogens is 3.